The number of likely N-dealkylation sites (N-methyl/N-ethyl adjacent to an activating group) is 1. The van der Waals surface area contributed by atoms with Crippen molar-refractivity contribution in [2.45, 2.75) is 46.6 Å². The zero-order valence-corrected chi connectivity index (χ0v) is 17.3. The maximum absolute atomic E-state index is 10.3. The predicted octanol–water partition coefficient (Wildman–Crippen LogP) is 5.25. The summed E-state index contributed by atoms with van der Waals surface area (Å²) in [6.45, 7) is 14.1. The summed E-state index contributed by atoms with van der Waals surface area (Å²) in [5, 5.41) is 18.9. The highest BCUT2D eigenvalue weighted by Gasteiger charge is 2.30. The SMILES string of the molecule is C=C(O)C(c1ccc(C)cc1C)C(C)/[N+](C)=C/C(=N)c1c(C)cccc1C. The third-order valence-corrected chi connectivity index (χ3v) is 5.33. The minimum absolute atomic E-state index is 0.0476. The predicted molar refractivity (Wildman–Crippen MR) is 115 cm³/mol. The van der Waals surface area contributed by atoms with E-state index in [0.29, 0.717) is 5.71 Å². The molecule has 0 amide bonds. The van der Waals surface area contributed by atoms with E-state index >= 15 is 0 Å². The molecule has 0 bridgehead atoms. The Morgan fingerprint density at radius 1 is 1.07 bits per heavy atom. The molecule has 0 saturated heterocycles. The van der Waals surface area contributed by atoms with Gasteiger partial charge in [0.15, 0.2) is 12.3 Å². The molecule has 0 radical (unpaired) electrons. The third-order valence-electron chi connectivity index (χ3n) is 5.33. The highest BCUT2D eigenvalue weighted by molar-refractivity contribution is 6.36. The lowest BCUT2D eigenvalue weighted by Gasteiger charge is -2.22. The first-order valence-corrected chi connectivity index (χ1v) is 9.30. The van der Waals surface area contributed by atoms with E-state index in [9.17, 15) is 5.11 Å². The van der Waals surface area contributed by atoms with E-state index in [1.165, 1.54) is 5.56 Å². The van der Waals surface area contributed by atoms with Gasteiger partial charge in [-0.2, -0.15) is 0 Å². The van der Waals surface area contributed by atoms with Gasteiger partial charge in [0.1, 0.15) is 18.7 Å². The molecule has 2 unspecified atom stereocenters. The van der Waals surface area contributed by atoms with Crippen LogP contribution in [0.25, 0.3) is 0 Å². The summed E-state index contributed by atoms with van der Waals surface area (Å²) in [5.74, 6) is -0.0778. The standard InChI is InChI=1S/C24H30N2O/c1-15-11-12-21(18(4)13-15)24(20(6)27)19(5)26(7)14-22(25)23-16(2)9-8-10-17(23)3/h8-14,19,24-25H,6H2,1-5,7H3/p+1/b25-22?,26-14+. The van der Waals surface area contributed by atoms with E-state index in [1.54, 1.807) is 0 Å². The van der Waals surface area contributed by atoms with Gasteiger partial charge in [-0.1, -0.05) is 48.5 Å². The van der Waals surface area contributed by atoms with Crippen LogP contribution in [0, 0.1) is 33.1 Å². The first-order valence-electron chi connectivity index (χ1n) is 9.30. The van der Waals surface area contributed by atoms with E-state index in [4.69, 9.17) is 5.41 Å². The van der Waals surface area contributed by atoms with Crippen LogP contribution in [-0.2, 0) is 0 Å². The van der Waals surface area contributed by atoms with Crippen molar-refractivity contribution < 1.29 is 9.68 Å². The van der Waals surface area contributed by atoms with E-state index in [0.717, 1.165) is 27.8 Å². The lowest BCUT2D eigenvalue weighted by molar-refractivity contribution is -0.531. The molecule has 0 aliphatic rings. The van der Waals surface area contributed by atoms with Crippen LogP contribution in [0.2, 0.25) is 0 Å². The number of rotatable bonds is 6. The second-order valence-electron chi connectivity index (χ2n) is 7.54. The molecule has 27 heavy (non-hydrogen) atoms. The van der Waals surface area contributed by atoms with Crippen LogP contribution in [0.4, 0.5) is 0 Å². The van der Waals surface area contributed by atoms with Crippen molar-refractivity contribution in [1.82, 2.24) is 0 Å². The number of nitrogens with one attached hydrogen (secondary N) is 1. The summed E-state index contributed by atoms with van der Waals surface area (Å²) in [6.07, 6.45) is 1.85. The van der Waals surface area contributed by atoms with E-state index in [2.05, 4.69) is 45.5 Å². The van der Waals surface area contributed by atoms with Crippen LogP contribution < -0.4 is 0 Å². The summed E-state index contributed by atoms with van der Waals surface area (Å²) in [7, 11) is 1.95. The molecular weight excluding hydrogens is 332 g/mol. The van der Waals surface area contributed by atoms with Crippen molar-refractivity contribution in [1.29, 1.82) is 5.41 Å². The Balaban J connectivity index is 2.40. The molecule has 0 fully saturated rings. The van der Waals surface area contributed by atoms with Crippen molar-refractivity contribution >= 4 is 11.9 Å². The lowest BCUT2D eigenvalue weighted by Crippen LogP contribution is -2.31. The van der Waals surface area contributed by atoms with Gasteiger partial charge in [-0.25, -0.2) is 4.58 Å². The summed E-state index contributed by atoms with van der Waals surface area (Å²) in [4.78, 5) is 0. The Morgan fingerprint density at radius 3 is 2.19 bits per heavy atom. The smallest absolute Gasteiger partial charge is 0.189 e. The number of aliphatic hydroxyl groups excluding tert-OH is 1. The molecular formula is C24H31N2O+. The number of aryl methyl sites for hydroxylation is 4. The van der Waals surface area contributed by atoms with Gasteiger partial charge >= 0.3 is 0 Å². The van der Waals surface area contributed by atoms with E-state index in [-0.39, 0.29) is 17.7 Å². The highest BCUT2D eigenvalue weighted by Crippen LogP contribution is 2.30. The van der Waals surface area contributed by atoms with Crippen molar-refractivity contribution in [2.75, 3.05) is 7.05 Å². The third kappa shape index (κ3) is 4.54. The largest absolute Gasteiger partial charge is 0.512 e. The van der Waals surface area contributed by atoms with Gasteiger partial charge in [-0.3, -0.25) is 5.41 Å². The Morgan fingerprint density at radius 2 is 1.67 bits per heavy atom. The van der Waals surface area contributed by atoms with Crippen LogP contribution in [0.3, 0.4) is 0 Å². The minimum Gasteiger partial charge on any atom is -0.512 e. The molecule has 2 aromatic rings. The minimum atomic E-state index is -0.224. The molecule has 2 aromatic carbocycles. The lowest BCUT2D eigenvalue weighted by atomic mass is 9.87. The van der Waals surface area contributed by atoms with Crippen LogP contribution in [0.15, 0.2) is 48.7 Å². The zero-order valence-electron chi connectivity index (χ0n) is 17.3. The van der Waals surface area contributed by atoms with Crippen LogP contribution in [0.1, 0.15) is 46.2 Å². The van der Waals surface area contributed by atoms with Crippen LogP contribution >= 0.6 is 0 Å². The maximum atomic E-state index is 10.3. The molecule has 2 rings (SSSR count). The van der Waals surface area contributed by atoms with Crippen molar-refractivity contribution in [3.63, 3.8) is 0 Å². The number of aliphatic hydroxyl groups is 1. The normalized spacial score (nSPS) is 13.9. The van der Waals surface area contributed by atoms with Crippen LogP contribution in [0.5, 0.6) is 0 Å². The van der Waals surface area contributed by atoms with Gasteiger partial charge in [0.25, 0.3) is 0 Å². The number of nitrogens with zero attached hydrogens (tertiary/aromatic N) is 1. The summed E-state index contributed by atoms with van der Waals surface area (Å²) in [5.41, 5.74) is 7.03. The van der Waals surface area contributed by atoms with E-state index in [1.807, 2.05) is 49.9 Å². The Kier molecular flexibility index (Phi) is 6.37. The monoisotopic (exact) mass is 363 g/mol. The topological polar surface area (TPSA) is 47.1 Å². The average molecular weight is 364 g/mol. The van der Waals surface area contributed by atoms with Gasteiger partial charge in [0.05, 0.1) is 5.76 Å². The maximum Gasteiger partial charge on any atom is 0.189 e. The zero-order chi connectivity index (χ0) is 20.3. The van der Waals surface area contributed by atoms with Crippen molar-refractivity contribution in [2.24, 2.45) is 0 Å². The number of benzene rings is 2. The van der Waals surface area contributed by atoms with Gasteiger partial charge < -0.3 is 5.11 Å². The fourth-order valence-electron chi connectivity index (χ4n) is 3.75. The molecule has 0 saturated carbocycles. The fourth-order valence-corrected chi connectivity index (χ4v) is 3.75. The first-order chi connectivity index (χ1) is 12.6. The van der Waals surface area contributed by atoms with Crippen LogP contribution in [-0.4, -0.2) is 34.7 Å². The molecule has 0 aromatic heterocycles. The van der Waals surface area contributed by atoms with Gasteiger partial charge in [-0.15, -0.1) is 0 Å². The molecule has 2 atom stereocenters. The number of hydrogen-bond acceptors (Lipinski definition) is 2. The number of hydrogen-bond donors (Lipinski definition) is 2. The van der Waals surface area contributed by atoms with Gasteiger partial charge in [0, 0.05) is 5.56 Å². The van der Waals surface area contributed by atoms with Gasteiger partial charge in [0.2, 0.25) is 0 Å². The molecule has 0 aliphatic carbocycles. The molecule has 0 aliphatic heterocycles. The molecule has 3 heteroatoms. The highest BCUT2D eigenvalue weighted by atomic mass is 16.3. The van der Waals surface area contributed by atoms with Gasteiger partial charge in [-0.05, 0) is 56.9 Å². The van der Waals surface area contributed by atoms with Crippen molar-refractivity contribution in [3.05, 3.63) is 82.1 Å². The molecule has 0 spiro atoms. The first kappa shape index (κ1) is 20.6. The van der Waals surface area contributed by atoms with E-state index < -0.39 is 0 Å². The Labute approximate surface area is 163 Å². The quantitative estimate of drug-likeness (QED) is 0.411. The molecule has 0 heterocycles. The fraction of sp³-hybridized carbons (Fsp3) is 0.333. The molecule has 3 nitrogen and oxygen atoms in total. The molecule has 142 valence electrons. The Hall–Kier alpha value is -2.68. The Bertz CT molecular complexity index is 888. The second-order valence-corrected chi connectivity index (χ2v) is 7.54. The summed E-state index contributed by atoms with van der Waals surface area (Å²) in [6, 6.07) is 12.3. The second kappa shape index (κ2) is 8.34. The average Bonchev–Trinajstić information content (AvgIpc) is 2.56. The molecule has 2 N–H and O–H groups in total. The van der Waals surface area contributed by atoms with Crippen molar-refractivity contribution in [3.8, 4) is 0 Å². The summed E-state index contributed by atoms with van der Waals surface area (Å²) < 4.78 is 2.00. The summed E-state index contributed by atoms with van der Waals surface area (Å²) >= 11 is 0.